The van der Waals surface area contributed by atoms with Gasteiger partial charge in [-0.3, -0.25) is 14.4 Å². The predicted molar refractivity (Wildman–Crippen MR) is 217 cm³/mol. The van der Waals surface area contributed by atoms with Crippen LogP contribution in [-0.2, 0) is 19.1 Å². The fraction of sp³-hybridized carbons (Fsp3) is 0.889. The van der Waals surface area contributed by atoms with Crippen molar-refractivity contribution in [2.45, 2.75) is 251 Å². The number of hydrogen-bond acceptors (Lipinski definition) is 4. The summed E-state index contributed by atoms with van der Waals surface area (Å²) < 4.78 is 6.04. The molecule has 0 rings (SSSR count). The van der Waals surface area contributed by atoms with Gasteiger partial charge in [0.25, 0.3) is 0 Å². The molecule has 0 aliphatic carbocycles. The SMILES string of the molecule is CCCCCCCC/C=C\CCCCCCCC(=O)OC(CCCCCCCCCCCCCCCC)CCCCCCCC(=O)NCC(=O)O. The van der Waals surface area contributed by atoms with Crippen molar-refractivity contribution in [1.29, 1.82) is 0 Å². The standard InChI is InChI=1S/C45H85NO5/c1-3-5-7-9-11-13-15-17-19-21-23-25-27-32-36-40-45(50)51-42(38-34-30-28-31-35-39-43(47)46-41-44(48)49)37-33-29-26-24-22-20-18-16-14-12-10-8-6-4-2/h17,19,42H,3-16,18,20-41H2,1-2H3,(H,46,47)(H,48,49)/b19-17-. The van der Waals surface area contributed by atoms with E-state index in [0.29, 0.717) is 12.8 Å². The number of aliphatic carboxylic acids is 1. The molecule has 0 spiro atoms. The van der Waals surface area contributed by atoms with Gasteiger partial charge in [0, 0.05) is 12.8 Å². The molecule has 0 heterocycles. The third-order valence-electron chi connectivity index (χ3n) is 10.2. The lowest BCUT2D eigenvalue weighted by Crippen LogP contribution is -2.28. The van der Waals surface area contributed by atoms with Crippen LogP contribution < -0.4 is 5.32 Å². The first-order chi connectivity index (χ1) is 25.0. The van der Waals surface area contributed by atoms with Gasteiger partial charge in [0.15, 0.2) is 0 Å². The zero-order chi connectivity index (χ0) is 37.3. The average molecular weight is 720 g/mol. The Kier molecular flexibility index (Phi) is 39.4. The largest absolute Gasteiger partial charge is 0.480 e. The Balaban J connectivity index is 4.15. The monoisotopic (exact) mass is 720 g/mol. The number of esters is 1. The van der Waals surface area contributed by atoms with E-state index in [1.165, 1.54) is 154 Å². The van der Waals surface area contributed by atoms with Gasteiger partial charge in [-0.25, -0.2) is 0 Å². The Morgan fingerprint density at radius 2 is 0.843 bits per heavy atom. The minimum absolute atomic E-state index is 0.0182. The molecule has 0 saturated heterocycles. The van der Waals surface area contributed by atoms with E-state index in [9.17, 15) is 14.4 Å². The smallest absolute Gasteiger partial charge is 0.322 e. The van der Waals surface area contributed by atoms with E-state index in [-0.39, 0.29) is 24.5 Å². The first-order valence-corrected chi connectivity index (χ1v) is 22.3. The molecular weight excluding hydrogens is 634 g/mol. The number of hydrogen-bond donors (Lipinski definition) is 2. The van der Waals surface area contributed by atoms with Crippen molar-refractivity contribution >= 4 is 17.8 Å². The first kappa shape index (κ1) is 49.1. The molecular formula is C45H85NO5. The molecule has 1 amide bonds. The molecule has 1 unspecified atom stereocenters. The minimum Gasteiger partial charge on any atom is -0.480 e. The van der Waals surface area contributed by atoms with E-state index in [4.69, 9.17) is 9.84 Å². The number of carboxylic acid groups (broad SMARTS) is 1. The van der Waals surface area contributed by atoms with Crippen molar-refractivity contribution in [3.63, 3.8) is 0 Å². The second-order valence-corrected chi connectivity index (χ2v) is 15.3. The van der Waals surface area contributed by atoms with Crippen molar-refractivity contribution in [2.24, 2.45) is 0 Å². The summed E-state index contributed by atoms with van der Waals surface area (Å²) in [6.07, 6.45) is 47.6. The quantitative estimate of drug-likeness (QED) is 0.0373. The number of nitrogens with one attached hydrogen (secondary N) is 1. The van der Waals surface area contributed by atoms with Crippen molar-refractivity contribution in [1.82, 2.24) is 5.32 Å². The Morgan fingerprint density at radius 3 is 1.25 bits per heavy atom. The zero-order valence-electron chi connectivity index (χ0n) is 34.0. The van der Waals surface area contributed by atoms with Crippen molar-refractivity contribution < 1.29 is 24.2 Å². The minimum atomic E-state index is -1.01. The number of amides is 1. The number of carbonyl (C=O) groups excluding carboxylic acids is 2. The van der Waals surface area contributed by atoms with Gasteiger partial charge in [0.1, 0.15) is 12.6 Å². The van der Waals surface area contributed by atoms with E-state index in [1.54, 1.807) is 0 Å². The van der Waals surface area contributed by atoms with Gasteiger partial charge in [0.05, 0.1) is 0 Å². The van der Waals surface area contributed by atoms with Crippen LogP contribution in [0.2, 0.25) is 0 Å². The number of carboxylic acids is 1. The summed E-state index contributed by atoms with van der Waals surface area (Å²) in [5.74, 6) is -1.22. The summed E-state index contributed by atoms with van der Waals surface area (Å²) >= 11 is 0. The lowest BCUT2D eigenvalue weighted by atomic mass is 10.0. The van der Waals surface area contributed by atoms with E-state index >= 15 is 0 Å². The van der Waals surface area contributed by atoms with Crippen LogP contribution in [0, 0.1) is 0 Å². The molecule has 6 heteroatoms. The third-order valence-corrected chi connectivity index (χ3v) is 10.2. The zero-order valence-corrected chi connectivity index (χ0v) is 34.0. The second-order valence-electron chi connectivity index (χ2n) is 15.3. The lowest BCUT2D eigenvalue weighted by molar-refractivity contribution is -0.150. The summed E-state index contributed by atoms with van der Waals surface area (Å²) in [5.41, 5.74) is 0. The van der Waals surface area contributed by atoms with Gasteiger partial charge in [-0.15, -0.1) is 0 Å². The van der Waals surface area contributed by atoms with Crippen molar-refractivity contribution in [2.75, 3.05) is 6.54 Å². The summed E-state index contributed by atoms with van der Waals surface area (Å²) in [6, 6.07) is 0. The van der Waals surface area contributed by atoms with Crippen LogP contribution in [0.25, 0.3) is 0 Å². The normalized spacial score (nSPS) is 12.0. The van der Waals surface area contributed by atoms with E-state index in [0.717, 1.165) is 64.2 Å². The fourth-order valence-corrected chi connectivity index (χ4v) is 6.86. The molecule has 0 bridgehead atoms. The highest BCUT2D eigenvalue weighted by Gasteiger charge is 2.14. The van der Waals surface area contributed by atoms with Gasteiger partial charge in [-0.05, 0) is 64.2 Å². The Morgan fingerprint density at radius 1 is 0.490 bits per heavy atom. The van der Waals surface area contributed by atoms with E-state index < -0.39 is 5.97 Å². The molecule has 2 N–H and O–H groups in total. The second kappa shape index (κ2) is 40.9. The number of ether oxygens (including phenoxy) is 1. The molecule has 300 valence electrons. The average Bonchev–Trinajstić information content (AvgIpc) is 3.11. The lowest BCUT2D eigenvalue weighted by Gasteiger charge is -2.18. The van der Waals surface area contributed by atoms with Crippen LogP contribution in [0.4, 0.5) is 0 Å². The number of allylic oxidation sites excluding steroid dienone is 2. The van der Waals surface area contributed by atoms with Gasteiger partial charge in [0.2, 0.25) is 5.91 Å². The van der Waals surface area contributed by atoms with Crippen LogP contribution in [0.1, 0.15) is 245 Å². The summed E-state index contributed by atoms with van der Waals surface area (Å²) in [5, 5.41) is 11.1. The van der Waals surface area contributed by atoms with Gasteiger partial charge >= 0.3 is 11.9 Å². The van der Waals surface area contributed by atoms with Crippen molar-refractivity contribution in [3.8, 4) is 0 Å². The highest BCUT2D eigenvalue weighted by molar-refractivity contribution is 5.80. The number of unbranched alkanes of at least 4 members (excludes halogenated alkanes) is 28. The van der Waals surface area contributed by atoms with Crippen LogP contribution in [0.15, 0.2) is 12.2 Å². The maximum absolute atomic E-state index is 12.8. The van der Waals surface area contributed by atoms with Crippen LogP contribution in [0.5, 0.6) is 0 Å². The Bertz CT molecular complexity index is 797. The van der Waals surface area contributed by atoms with Crippen molar-refractivity contribution in [3.05, 3.63) is 12.2 Å². The van der Waals surface area contributed by atoms with Gasteiger partial charge < -0.3 is 15.2 Å². The maximum atomic E-state index is 12.8. The number of rotatable bonds is 41. The predicted octanol–water partition coefficient (Wildman–Crippen LogP) is 13.7. The molecule has 0 saturated carbocycles. The van der Waals surface area contributed by atoms with Gasteiger partial charge in [-0.1, -0.05) is 180 Å². The third kappa shape index (κ3) is 40.8. The highest BCUT2D eigenvalue weighted by atomic mass is 16.5. The molecule has 0 aromatic rings. The molecule has 1 atom stereocenters. The molecule has 0 aliphatic rings. The van der Waals surface area contributed by atoms with Crippen LogP contribution in [0.3, 0.4) is 0 Å². The topological polar surface area (TPSA) is 92.7 Å². The first-order valence-electron chi connectivity index (χ1n) is 22.3. The van der Waals surface area contributed by atoms with Crippen LogP contribution in [-0.4, -0.2) is 35.6 Å². The fourth-order valence-electron chi connectivity index (χ4n) is 6.86. The number of carbonyl (C=O) groups is 3. The molecule has 0 aliphatic heterocycles. The van der Waals surface area contributed by atoms with E-state index in [1.807, 2.05) is 0 Å². The summed E-state index contributed by atoms with van der Waals surface area (Å²) in [6.45, 7) is 4.24. The Hall–Kier alpha value is -1.85. The molecule has 0 aromatic carbocycles. The molecule has 0 radical (unpaired) electrons. The Labute approximate surface area is 316 Å². The van der Waals surface area contributed by atoms with Crippen LogP contribution >= 0.6 is 0 Å². The molecule has 0 aromatic heterocycles. The maximum Gasteiger partial charge on any atom is 0.322 e. The summed E-state index contributed by atoms with van der Waals surface area (Å²) in [4.78, 5) is 35.0. The summed E-state index contributed by atoms with van der Waals surface area (Å²) in [7, 11) is 0. The molecule has 51 heavy (non-hydrogen) atoms. The van der Waals surface area contributed by atoms with E-state index in [2.05, 4.69) is 31.3 Å². The highest BCUT2D eigenvalue weighted by Crippen LogP contribution is 2.19. The van der Waals surface area contributed by atoms with Gasteiger partial charge in [-0.2, -0.15) is 0 Å². The molecule has 0 fully saturated rings. The molecule has 6 nitrogen and oxygen atoms in total.